The SMILES string of the molecule is Cc1ccc(-c2nn(-c3ccccc3)cc2C(=O)OCC(=O)N2CC(C)OC(C)C2)cc1. The summed E-state index contributed by atoms with van der Waals surface area (Å²) < 4.78 is 12.7. The summed E-state index contributed by atoms with van der Waals surface area (Å²) in [4.78, 5) is 27.3. The van der Waals surface area contributed by atoms with Crippen LogP contribution in [-0.4, -0.2) is 58.5 Å². The number of carbonyl (C=O) groups excluding carboxylic acids is 2. The van der Waals surface area contributed by atoms with E-state index in [1.807, 2.05) is 75.4 Å². The standard InChI is InChI=1S/C25H27N3O4/c1-17-9-11-20(12-10-17)24-22(15-28(26-24)21-7-5-4-6-8-21)25(30)31-16-23(29)27-13-18(2)32-19(3)14-27/h4-12,15,18-19H,13-14,16H2,1-3H3. The van der Waals surface area contributed by atoms with E-state index in [2.05, 4.69) is 5.10 Å². The van der Waals surface area contributed by atoms with Gasteiger partial charge in [0.25, 0.3) is 5.91 Å². The van der Waals surface area contributed by atoms with E-state index in [4.69, 9.17) is 9.47 Å². The van der Waals surface area contributed by atoms with Gasteiger partial charge in [0.1, 0.15) is 11.3 Å². The third-order valence-corrected chi connectivity index (χ3v) is 5.38. The van der Waals surface area contributed by atoms with Crippen molar-refractivity contribution in [3.63, 3.8) is 0 Å². The van der Waals surface area contributed by atoms with Gasteiger partial charge in [-0.2, -0.15) is 5.10 Å². The third kappa shape index (κ3) is 4.89. The molecule has 2 atom stereocenters. The minimum atomic E-state index is -0.578. The van der Waals surface area contributed by atoms with Crippen LogP contribution in [0.25, 0.3) is 16.9 Å². The van der Waals surface area contributed by atoms with E-state index in [-0.39, 0.29) is 24.7 Å². The molecule has 1 saturated heterocycles. The predicted octanol–water partition coefficient (Wildman–Crippen LogP) is 3.64. The van der Waals surface area contributed by atoms with Gasteiger partial charge >= 0.3 is 5.97 Å². The third-order valence-electron chi connectivity index (χ3n) is 5.38. The molecule has 32 heavy (non-hydrogen) atoms. The number of hydrogen-bond donors (Lipinski definition) is 0. The summed E-state index contributed by atoms with van der Waals surface area (Å²) in [5, 5.41) is 4.64. The van der Waals surface area contributed by atoms with Gasteiger partial charge in [-0.1, -0.05) is 48.0 Å². The molecule has 2 unspecified atom stereocenters. The fourth-order valence-corrected chi connectivity index (χ4v) is 3.84. The minimum absolute atomic E-state index is 0.0457. The number of amides is 1. The molecule has 166 valence electrons. The van der Waals surface area contributed by atoms with Crippen molar-refractivity contribution in [2.75, 3.05) is 19.7 Å². The average molecular weight is 434 g/mol. The summed E-state index contributed by atoms with van der Waals surface area (Å²) in [5.41, 5.74) is 3.57. The maximum absolute atomic E-state index is 13.0. The number of esters is 1. The second kappa shape index (κ2) is 9.36. The quantitative estimate of drug-likeness (QED) is 0.575. The Morgan fingerprint density at radius 2 is 1.69 bits per heavy atom. The molecule has 0 N–H and O–H groups in total. The summed E-state index contributed by atoms with van der Waals surface area (Å²) in [7, 11) is 0. The van der Waals surface area contributed by atoms with Gasteiger partial charge in [-0.15, -0.1) is 0 Å². The van der Waals surface area contributed by atoms with Crippen LogP contribution in [0.3, 0.4) is 0 Å². The van der Waals surface area contributed by atoms with E-state index >= 15 is 0 Å². The zero-order valence-corrected chi connectivity index (χ0v) is 18.5. The Hall–Kier alpha value is -3.45. The topological polar surface area (TPSA) is 73.7 Å². The molecule has 7 heteroatoms. The number of aromatic nitrogens is 2. The van der Waals surface area contributed by atoms with E-state index in [9.17, 15) is 9.59 Å². The molecule has 7 nitrogen and oxygen atoms in total. The Morgan fingerprint density at radius 3 is 2.34 bits per heavy atom. The first-order chi connectivity index (χ1) is 15.4. The van der Waals surface area contributed by atoms with Crippen molar-refractivity contribution in [3.8, 4) is 16.9 Å². The highest BCUT2D eigenvalue weighted by atomic mass is 16.5. The lowest BCUT2D eigenvalue weighted by atomic mass is 10.1. The maximum Gasteiger partial charge on any atom is 0.342 e. The number of morpholine rings is 1. The molecular formula is C25H27N3O4. The second-order valence-electron chi connectivity index (χ2n) is 8.17. The van der Waals surface area contributed by atoms with Crippen molar-refractivity contribution in [3.05, 3.63) is 71.9 Å². The number of rotatable bonds is 5. The van der Waals surface area contributed by atoms with E-state index in [0.717, 1.165) is 16.8 Å². The van der Waals surface area contributed by atoms with Crippen LogP contribution in [0.2, 0.25) is 0 Å². The molecule has 0 spiro atoms. The largest absolute Gasteiger partial charge is 0.452 e. The molecule has 1 aliphatic heterocycles. The van der Waals surface area contributed by atoms with Gasteiger partial charge in [-0.05, 0) is 32.9 Å². The Labute approximate surface area is 187 Å². The van der Waals surface area contributed by atoms with E-state index in [1.165, 1.54) is 0 Å². The van der Waals surface area contributed by atoms with E-state index in [1.54, 1.807) is 15.8 Å². The van der Waals surface area contributed by atoms with Crippen LogP contribution in [0.1, 0.15) is 29.8 Å². The zero-order chi connectivity index (χ0) is 22.7. The first kappa shape index (κ1) is 21.8. The lowest BCUT2D eigenvalue weighted by molar-refractivity contribution is -0.146. The number of hydrogen-bond acceptors (Lipinski definition) is 5. The van der Waals surface area contributed by atoms with Crippen LogP contribution in [0, 0.1) is 6.92 Å². The summed E-state index contributed by atoms with van der Waals surface area (Å²) in [6.45, 7) is 6.51. The van der Waals surface area contributed by atoms with Crippen molar-refractivity contribution >= 4 is 11.9 Å². The van der Waals surface area contributed by atoms with Gasteiger partial charge in [-0.3, -0.25) is 4.79 Å². The van der Waals surface area contributed by atoms with Crippen LogP contribution in [0.5, 0.6) is 0 Å². The monoisotopic (exact) mass is 433 g/mol. The smallest absolute Gasteiger partial charge is 0.342 e. The number of ether oxygens (including phenoxy) is 2. The van der Waals surface area contributed by atoms with Crippen LogP contribution in [0.15, 0.2) is 60.8 Å². The van der Waals surface area contributed by atoms with E-state index in [0.29, 0.717) is 24.3 Å². The predicted molar refractivity (Wildman–Crippen MR) is 121 cm³/mol. The van der Waals surface area contributed by atoms with Crippen molar-refractivity contribution in [1.29, 1.82) is 0 Å². The van der Waals surface area contributed by atoms with Gasteiger partial charge in [-0.25, -0.2) is 9.48 Å². The molecular weight excluding hydrogens is 406 g/mol. The highest BCUT2D eigenvalue weighted by Gasteiger charge is 2.27. The molecule has 1 fully saturated rings. The summed E-state index contributed by atoms with van der Waals surface area (Å²) in [6, 6.07) is 17.3. The summed E-state index contributed by atoms with van der Waals surface area (Å²) >= 11 is 0. The number of aryl methyl sites for hydroxylation is 1. The van der Waals surface area contributed by atoms with Gasteiger partial charge in [0.05, 0.1) is 17.9 Å². The molecule has 0 aliphatic carbocycles. The van der Waals surface area contributed by atoms with E-state index < -0.39 is 5.97 Å². The molecule has 1 aliphatic rings. The zero-order valence-electron chi connectivity index (χ0n) is 18.5. The highest BCUT2D eigenvalue weighted by Crippen LogP contribution is 2.25. The number of nitrogens with zero attached hydrogens (tertiary/aromatic N) is 3. The Morgan fingerprint density at radius 1 is 1.03 bits per heavy atom. The Balaban J connectivity index is 1.56. The fraction of sp³-hybridized carbons (Fsp3) is 0.320. The molecule has 0 saturated carbocycles. The average Bonchev–Trinajstić information content (AvgIpc) is 3.23. The number of benzene rings is 2. The van der Waals surface area contributed by atoms with Crippen LogP contribution in [0.4, 0.5) is 0 Å². The Bertz CT molecular complexity index is 1080. The lowest BCUT2D eigenvalue weighted by Crippen LogP contribution is -2.49. The first-order valence-corrected chi connectivity index (χ1v) is 10.7. The van der Waals surface area contributed by atoms with Crippen molar-refractivity contribution < 1.29 is 19.1 Å². The molecule has 1 aromatic heterocycles. The Kier molecular flexibility index (Phi) is 6.37. The molecule has 0 bridgehead atoms. The van der Waals surface area contributed by atoms with Gasteiger partial charge < -0.3 is 14.4 Å². The van der Waals surface area contributed by atoms with Crippen molar-refractivity contribution in [1.82, 2.24) is 14.7 Å². The molecule has 1 amide bonds. The first-order valence-electron chi connectivity index (χ1n) is 10.7. The molecule has 0 radical (unpaired) electrons. The number of carbonyl (C=O) groups is 2. The number of para-hydroxylation sites is 1. The van der Waals surface area contributed by atoms with Gasteiger partial charge in [0, 0.05) is 24.8 Å². The molecule has 4 rings (SSSR count). The second-order valence-corrected chi connectivity index (χ2v) is 8.17. The summed E-state index contributed by atoms with van der Waals surface area (Å²) in [6.07, 6.45) is 1.56. The maximum atomic E-state index is 13.0. The lowest BCUT2D eigenvalue weighted by Gasteiger charge is -2.35. The minimum Gasteiger partial charge on any atom is -0.452 e. The van der Waals surface area contributed by atoms with Gasteiger partial charge in [0.15, 0.2) is 6.61 Å². The summed E-state index contributed by atoms with van der Waals surface area (Å²) in [5.74, 6) is -0.807. The molecule has 2 aromatic carbocycles. The van der Waals surface area contributed by atoms with Crippen molar-refractivity contribution in [2.45, 2.75) is 33.0 Å². The van der Waals surface area contributed by atoms with Crippen LogP contribution in [-0.2, 0) is 14.3 Å². The van der Waals surface area contributed by atoms with Crippen LogP contribution >= 0.6 is 0 Å². The fourth-order valence-electron chi connectivity index (χ4n) is 3.84. The van der Waals surface area contributed by atoms with Crippen molar-refractivity contribution in [2.24, 2.45) is 0 Å². The molecule has 3 aromatic rings. The highest BCUT2D eigenvalue weighted by molar-refractivity contribution is 5.97. The van der Waals surface area contributed by atoms with Crippen LogP contribution < -0.4 is 0 Å². The molecule has 2 heterocycles. The normalized spacial score (nSPS) is 18.4. The van der Waals surface area contributed by atoms with Gasteiger partial charge in [0.2, 0.25) is 0 Å².